The maximum Gasteiger partial charge on any atom is 0.324 e. The van der Waals surface area contributed by atoms with Gasteiger partial charge in [0.1, 0.15) is 6.04 Å². The third-order valence-corrected chi connectivity index (χ3v) is 5.39. The number of hydrogen-bond donors (Lipinski definition) is 1. The number of cyclic esters (lactones) is 1. The predicted molar refractivity (Wildman–Crippen MR) is 88.0 cm³/mol. The van der Waals surface area contributed by atoms with Gasteiger partial charge in [-0.05, 0) is 12.1 Å². The minimum absolute atomic E-state index is 0.165. The second-order valence-corrected chi connectivity index (χ2v) is 7.34. The van der Waals surface area contributed by atoms with Gasteiger partial charge in [0, 0.05) is 37.0 Å². The van der Waals surface area contributed by atoms with Crippen molar-refractivity contribution in [1.82, 2.24) is 4.72 Å². The van der Waals surface area contributed by atoms with E-state index in [0.29, 0.717) is 11.8 Å². The van der Waals surface area contributed by atoms with Gasteiger partial charge in [0.05, 0.1) is 11.5 Å². The molecule has 0 spiro atoms. The van der Waals surface area contributed by atoms with Crippen LogP contribution in [0.1, 0.15) is 6.42 Å². The van der Waals surface area contributed by atoms with Crippen molar-refractivity contribution in [2.45, 2.75) is 17.4 Å². The Kier molecular flexibility index (Phi) is 3.99. The van der Waals surface area contributed by atoms with Crippen molar-refractivity contribution in [2.24, 2.45) is 0 Å². The molecule has 122 valence electrons. The van der Waals surface area contributed by atoms with Gasteiger partial charge in [0.15, 0.2) is 0 Å². The Morgan fingerprint density at radius 3 is 2.48 bits per heavy atom. The van der Waals surface area contributed by atoms with Gasteiger partial charge >= 0.3 is 5.97 Å². The standard InChI is InChI=1S/C16H18N2O4S/c1-18(2)14-7-3-6-12-11(14)5-4-8-15(12)23(20,21)17-13-9-10-22-16(13)19/h3-8,13,17H,9-10H2,1-2H3/t13-/m1/s1. The van der Waals surface area contributed by atoms with Crippen LogP contribution in [0.4, 0.5) is 5.69 Å². The lowest BCUT2D eigenvalue weighted by atomic mass is 10.1. The molecule has 2 aromatic carbocycles. The number of anilines is 1. The van der Waals surface area contributed by atoms with Crippen LogP contribution < -0.4 is 9.62 Å². The van der Waals surface area contributed by atoms with Crippen molar-refractivity contribution < 1.29 is 17.9 Å². The van der Waals surface area contributed by atoms with Crippen molar-refractivity contribution in [3.8, 4) is 0 Å². The number of nitrogens with one attached hydrogen (secondary N) is 1. The van der Waals surface area contributed by atoms with Gasteiger partial charge in [-0.1, -0.05) is 24.3 Å². The number of hydrogen-bond acceptors (Lipinski definition) is 5. The highest BCUT2D eigenvalue weighted by Gasteiger charge is 2.32. The van der Waals surface area contributed by atoms with Gasteiger partial charge in [-0.25, -0.2) is 8.42 Å². The first-order valence-electron chi connectivity index (χ1n) is 7.28. The number of nitrogens with zero attached hydrogens (tertiary/aromatic N) is 1. The summed E-state index contributed by atoms with van der Waals surface area (Å²) in [5, 5.41) is 1.46. The zero-order chi connectivity index (χ0) is 16.6. The summed E-state index contributed by atoms with van der Waals surface area (Å²) in [7, 11) is -0.00406. The molecule has 23 heavy (non-hydrogen) atoms. The maximum absolute atomic E-state index is 12.7. The highest BCUT2D eigenvalue weighted by atomic mass is 32.2. The molecule has 7 heteroatoms. The Bertz CT molecular complexity index is 862. The number of sulfonamides is 1. The molecule has 0 radical (unpaired) electrons. The summed E-state index contributed by atoms with van der Waals surface area (Å²) in [6.45, 7) is 0.242. The molecular formula is C16H18N2O4S. The molecule has 0 amide bonds. The van der Waals surface area contributed by atoms with E-state index in [1.165, 1.54) is 0 Å². The van der Waals surface area contributed by atoms with Crippen LogP contribution >= 0.6 is 0 Å². The van der Waals surface area contributed by atoms with E-state index < -0.39 is 22.0 Å². The lowest BCUT2D eigenvalue weighted by Crippen LogP contribution is -2.37. The van der Waals surface area contributed by atoms with Crippen LogP contribution in [0.15, 0.2) is 41.3 Å². The second-order valence-electron chi connectivity index (χ2n) is 5.65. The molecule has 0 unspecified atom stereocenters. The topological polar surface area (TPSA) is 75.7 Å². The second kappa shape index (κ2) is 5.82. The molecule has 1 fully saturated rings. The van der Waals surface area contributed by atoms with E-state index in [1.807, 2.05) is 37.2 Å². The molecular weight excluding hydrogens is 316 g/mol. The fourth-order valence-corrected chi connectivity index (χ4v) is 4.18. The average Bonchev–Trinajstić information content (AvgIpc) is 2.90. The van der Waals surface area contributed by atoms with E-state index in [0.717, 1.165) is 11.1 Å². The lowest BCUT2D eigenvalue weighted by Gasteiger charge is -2.17. The van der Waals surface area contributed by atoms with Gasteiger partial charge in [-0.15, -0.1) is 0 Å². The molecule has 3 rings (SSSR count). The van der Waals surface area contributed by atoms with Crippen molar-refractivity contribution in [1.29, 1.82) is 0 Å². The zero-order valence-electron chi connectivity index (χ0n) is 12.9. The van der Waals surface area contributed by atoms with Gasteiger partial charge in [0.25, 0.3) is 0 Å². The number of esters is 1. The van der Waals surface area contributed by atoms with Crippen LogP contribution in [0.2, 0.25) is 0 Å². The number of ether oxygens (including phenoxy) is 1. The third-order valence-electron chi connectivity index (χ3n) is 3.86. The number of carbonyl (C=O) groups excluding carboxylic acids is 1. The van der Waals surface area contributed by atoms with E-state index in [9.17, 15) is 13.2 Å². The number of rotatable bonds is 4. The molecule has 1 aliphatic heterocycles. The van der Waals surface area contributed by atoms with E-state index in [2.05, 4.69) is 4.72 Å². The lowest BCUT2D eigenvalue weighted by molar-refractivity contribution is -0.139. The van der Waals surface area contributed by atoms with Crippen molar-refractivity contribution in [2.75, 3.05) is 25.6 Å². The maximum atomic E-state index is 12.7. The molecule has 0 saturated carbocycles. The summed E-state index contributed by atoms with van der Waals surface area (Å²) in [5.41, 5.74) is 0.930. The Hall–Kier alpha value is -2.12. The molecule has 1 atom stereocenters. The highest BCUT2D eigenvalue weighted by molar-refractivity contribution is 7.89. The molecule has 0 aliphatic carbocycles. The first-order valence-corrected chi connectivity index (χ1v) is 8.76. The fourth-order valence-electron chi connectivity index (χ4n) is 2.74. The molecule has 6 nitrogen and oxygen atoms in total. The minimum Gasteiger partial charge on any atom is -0.464 e. The smallest absolute Gasteiger partial charge is 0.324 e. The summed E-state index contributed by atoms with van der Waals surface area (Å²) < 4.78 is 32.7. The van der Waals surface area contributed by atoms with Crippen LogP contribution in [0.3, 0.4) is 0 Å². The van der Waals surface area contributed by atoms with E-state index in [-0.39, 0.29) is 11.5 Å². The summed E-state index contributed by atoms with van der Waals surface area (Å²) in [5.74, 6) is -0.525. The summed E-state index contributed by atoms with van der Waals surface area (Å²) in [4.78, 5) is 13.6. The van der Waals surface area contributed by atoms with Crippen LogP contribution in [-0.2, 0) is 19.6 Å². The zero-order valence-corrected chi connectivity index (χ0v) is 13.8. The average molecular weight is 334 g/mol. The molecule has 1 aliphatic rings. The van der Waals surface area contributed by atoms with E-state index in [4.69, 9.17) is 4.74 Å². The summed E-state index contributed by atoms with van der Waals surface area (Å²) in [6.07, 6.45) is 0.353. The van der Waals surface area contributed by atoms with E-state index in [1.54, 1.807) is 18.2 Å². The molecule has 2 aromatic rings. The van der Waals surface area contributed by atoms with Crippen molar-refractivity contribution in [3.63, 3.8) is 0 Å². The van der Waals surface area contributed by atoms with Gasteiger partial charge < -0.3 is 9.64 Å². The molecule has 0 aromatic heterocycles. The minimum atomic E-state index is -3.82. The normalized spacial score (nSPS) is 18.2. The first-order chi connectivity index (χ1) is 10.9. The van der Waals surface area contributed by atoms with Crippen LogP contribution in [-0.4, -0.2) is 41.1 Å². The Labute approximate surface area is 135 Å². The molecule has 1 N–H and O–H groups in total. The Balaban J connectivity index is 2.09. The van der Waals surface area contributed by atoms with Crippen LogP contribution in [0, 0.1) is 0 Å². The monoisotopic (exact) mass is 334 g/mol. The van der Waals surface area contributed by atoms with Gasteiger partial charge in [0.2, 0.25) is 10.0 Å². The van der Waals surface area contributed by atoms with Crippen molar-refractivity contribution >= 4 is 32.5 Å². The number of fused-ring (bicyclic) bond motifs is 1. The summed E-state index contributed by atoms with van der Waals surface area (Å²) >= 11 is 0. The molecule has 0 bridgehead atoms. The van der Waals surface area contributed by atoms with Gasteiger partial charge in [-0.3, -0.25) is 4.79 Å². The van der Waals surface area contributed by atoms with E-state index >= 15 is 0 Å². The predicted octanol–water partition coefficient (Wildman–Crippen LogP) is 1.50. The highest BCUT2D eigenvalue weighted by Crippen LogP contribution is 2.30. The molecule has 1 heterocycles. The summed E-state index contributed by atoms with van der Waals surface area (Å²) in [6, 6.07) is 9.84. The van der Waals surface area contributed by atoms with Crippen LogP contribution in [0.25, 0.3) is 10.8 Å². The third kappa shape index (κ3) is 2.89. The number of carbonyl (C=O) groups is 1. The van der Waals surface area contributed by atoms with Crippen molar-refractivity contribution in [3.05, 3.63) is 36.4 Å². The largest absolute Gasteiger partial charge is 0.464 e. The number of benzene rings is 2. The quantitative estimate of drug-likeness (QED) is 0.858. The fraction of sp³-hybridized carbons (Fsp3) is 0.312. The SMILES string of the molecule is CN(C)c1cccc2c(S(=O)(=O)N[C@@H]3CCOC3=O)cccc12. The first kappa shape index (κ1) is 15.8. The van der Waals surface area contributed by atoms with Crippen LogP contribution in [0.5, 0.6) is 0 Å². The van der Waals surface area contributed by atoms with Gasteiger partial charge in [-0.2, -0.15) is 4.72 Å². The molecule has 1 saturated heterocycles. The Morgan fingerprint density at radius 2 is 1.83 bits per heavy atom. The Morgan fingerprint density at radius 1 is 1.13 bits per heavy atom.